The minimum Gasteiger partial charge on any atom is -0.383 e. The molecule has 122 valence electrons. The average molecular weight is 312 g/mol. The second-order valence-electron chi connectivity index (χ2n) is 5.87. The molecule has 0 spiro atoms. The van der Waals surface area contributed by atoms with E-state index in [0.29, 0.717) is 18.6 Å². The highest BCUT2D eigenvalue weighted by Gasteiger charge is 2.16. The van der Waals surface area contributed by atoms with Crippen LogP contribution in [-0.4, -0.2) is 36.3 Å². The SMILES string of the molecule is COCCNc1cc(-c2ccccc2)nc(NC2CCCC2)n1. The largest absolute Gasteiger partial charge is 0.383 e. The van der Waals surface area contributed by atoms with Gasteiger partial charge in [-0.1, -0.05) is 43.2 Å². The summed E-state index contributed by atoms with van der Waals surface area (Å²) >= 11 is 0. The van der Waals surface area contributed by atoms with E-state index in [2.05, 4.69) is 27.8 Å². The quantitative estimate of drug-likeness (QED) is 0.766. The first kappa shape index (κ1) is 15.7. The lowest BCUT2D eigenvalue weighted by Crippen LogP contribution is -2.18. The lowest BCUT2D eigenvalue weighted by molar-refractivity contribution is 0.210. The van der Waals surface area contributed by atoms with Crippen LogP contribution in [0.1, 0.15) is 25.7 Å². The average Bonchev–Trinajstić information content (AvgIpc) is 3.09. The summed E-state index contributed by atoms with van der Waals surface area (Å²) in [5, 5.41) is 6.79. The molecular weight excluding hydrogens is 288 g/mol. The van der Waals surface area contributed by atoms with E-state index < -0.39 is 0 Å². The third-order valence-electron chi connectivity index (χ3n) is 4.10. The number of anilines is 2. The van der Waals surface area contributed by atoms with E-state index in [1.165, 1.54) is 25.7 Å². The number of ether oxygens (including phenoxy) is 1. The highest BCUT2D eigenvalue weighted by atomic mass is 16.5. The molecule has 1 heterocycles. The second-order valence-corrected chi connectivity index (χ2v) is 5.87. The van der Waals surface area contributed by atoms with E-state index >= 15 is 0 Å². The fraction of sp³-hybridized carbons (Fsp3) is 0.444. The van der Waals surface area contributed by atoms with Gasteiger partial charge in [0.2, 0.25) is 5.95 Å². The van der Waals surface area contributed by atoms with E-state index in [0.717, 1.165) is 23.6 Å². The maximum absolute atomic E-state index is 5.09. The van der Waals surface area contributed by atoms with Gasteiger partial charge in [-0.2, -0.15) is 4.98 Å². The molecule has 5 nitrogen and oxygen atoms in total. The number of hydrogen-bond acceptors (Lipinski definition) is 5. The van der Waals surface area contributed by atoms with Crippen molar-refractivity contribution < 1.29 is 4.74 Å². The molecule has 1 aliphatic carbocycles. The number of aromatic nitrogens is 2. The molecule has 1 aliphatic rings. The lowest BCUT2D eigenvalue weighted by atomic mass is 10.1. The lowest BCUT2D eigenvalue weighted by Gasteiger charge is -2.15. The van der Waals surface area contributed by atoms with Gasteiger partial charge >= 0.3 is 0 Å². The molecule has 0 bridgehead atoms. The molecule has 2 N–H and O–H groups in total. The zero-order valence-corrected chi connectivity index (χ0v) is 13.6. The molecule has 1 aromatic heterocycles. The summed E-state index contributed by atoms with van der Waals surface area (Å²) in [6.45, 7) is 1.38. The van der Waals surface area contributed by atoms with Crippen molar-refractivity contribution in [3.8, 4) is 11.3 Å². The van der Waals surface area contributed by atoms with Crippen LogP contribution >= 0.6 is 0 Å². The Morgan fingerprint density at radius 1 is 1.13 bits per heavy atom. The van der Waals surface area contributed by atoms with Crippen molar-refractivity contribution in [2.45, 2.75) is 31.7 Å². The molecule has 3 rings (SSSR count). The zero-order valence-electron chi connectivity index (χ0n) is 13.6. The van der Waals surface area contributed by atoms with Crippen LogP contribution in [0.3, 0.4) is 0 Å². The summed E-state index contributed by atoms with van der Waals surface area (Å²) in [4.78, 5) is 9.31. The minimum absolute atomic E-state index is 0.493. The van der Waals surface area contributed by atoms with E-state index in [-0.39, 0.29) is 0 Å². The van der Waals surface area contributed by atoms with Gasteiger partial charge in [-0.25, -0.2) is 4.98 Å². The molecule has 0 saturated heterocycles. The van der Waals surface area contributed by atoms with E-state index in [4.69, 9.17) is 9.72 Å². The topological polar surface area (TPSA) is 59.1 Å². The van der Waals surface area contributed by atoms with Crippen molar-refractivity contribution in [2.75, 3.05) is 30.9 Å². The van der Waals surface area contributed by atoms with Crippen LogP contribution in [0.2, 0.25) is 0 Å². The van der Waals surface area contributed by atoms with Crippen LogP contribution in [0, 0.1) is 0 Å². The van der Waals surface area contributed by atoms with E-state index in [9.17, 15) is 0 Å². The second kappa shape index (κ2) is 7.92. The van der Waals surface area contributed by atoms with Crippen molar-refractivity contribution in [3.05, 3.63) is 36.4 Å². The molecule has 5 heteroatoms. The molecule has 1 fully saturated rings. The van der Waals surface area contributed by atoms with Crippen molar-refractivity contribution in [2.24, 2.45) is 0 Å². The van der Waals surface area contributed by atoms with Gasteiger partial charge in [-0.3, -0.25) is 0 Å². The predicted octanol–water partition coefficient (Wildman–Crippen LogP) is 3.56. The maximum atomic E-state index is 5.09. The fourth-order valence-corrected chi connectivity index (χ4v) is 2.89. The first-order valence-electron chi connectivity index (χ1n) is 8.29. The first-order chi connectivity index (χ1) is 11.3. The number of nitrogens with zero attached hydrogens (tertiary/aromatic N) is 2. The highest BCUT2D eigenvalue weighted by Crippen LogP contribution is 2.24. The Morgan fingerprint density at radius 2 is 1.91 bits per heavy atom. The Bertz CT molecular complexity index is 612. The number of nitrogens with one attached hydrogen (secondary N) is 2. The molecular formula is C18H24N4O. The smallest absolute Gasteiger partial charge is 0.225 e. The standard InChI is InChI=1S/C18H24N4O/c1-23-12-11-19-17-13-16(14-7-3-2-4-8-14)21-18(22-17)20-15-9-5-6-10-15/h2-4,7-8,13,15H,5-6,9-12H2,1H3,(H2,19,20,21,22). The van der Waals surface area contributed by atoms with Gasteiger partial charge in [0.15, 0.2) is 0 Å². The Hall–Kier alpha value is -2.14. The van der Waals surface area contributed by atoms with Crippen molar-refractivity contribution >= 4 is 11.8 Å². The van der Waals surface area contributed by atoms with Gasteiger partial charge in [-0.05, 0) is 12.8 Å². The van der Waals surface area contributed by atoms with Crippen molar-refractivity contribution in [3.63, 3.8) is 0 Å². The number of hydrogen-bond donors (Lipinski definition) is 2. The predicted molar refractivity (Wildman–Crippen MR) is 93.7 cm³/mol. The van der Waals surface area contributed by atoms with Gasteiger partial charge in [0, 0.05) is 31.3 Å². The molecule has 0 amide bonds. The van der Waals surface area contributed by atoms with Crippen LogP contribution < -0.4 is 10.6 Å². The van der Waals surface area contributed by atoms with Gasteiger partial charge in [0.1, 0.15) is 5.82 Å². The normalized spacial score (nSPS) is 14.8. The minimum atomic E-state index is 0.493. The Kier molecular flexibility index (Phi) is 5.42. The molecule has 1 aromatic carbocycles. The molecule has 0 radical (unpaired) electrons. The van der Waals surface area contributed by atoms with Gasteiger partial charge in [-0.15, -0.1) is 0 Å². The molecule has 2 aromatic rings. The van der Waals surface area contributed by atoms with Crippen LogP contribution in [0.15, 0.2) is 36.4 Å². The zero-order chi connectivity index (χ0) is 15.9. The van der Waals surface area contributed by atoms with E-state index in [1.54, 1.807) is 7.11 Å². The number of rotatable bonds is 7. The van der Waals surface area contributed by atoms with Crippen LogP contribution in [0.5, 0.6) is 0 Å². The molecule has 0 unspecified atom stereocenters. The molecule has 23 heavy (non-hydrogen) atoms. The first-order valence-corrected chi connectivity index (χ1v) is 8.29. The Balaban J connectivity index is 1.83. The van der Waals surface area contributed by atoms with Crippen molar-refractivity contribution in [1.29, 1.82) is 0 Å². The van der Waals surface area contributed by atoms with Gasteiger partial charge in [0.05, 0.1) is 12.3 Å². The maximum Gasteiger partial charge on any atom is 0.225 e. The van der Waals surface area contributed by atoms with Crippen LogP contribution in [0.4, 0.5) is 11.8 Å². The monoisotopic (exact) mass is 312 g/mol. The molecule has 0 aliphatic heterocycles. The summed E-state index contributed by atoms with van der Waals surface area (Å²) in [6, 6.07) is 12.7. The van der Waals surface area contributed by atoms with Crippen LogP contribution in [-0.2, 0) is 4.74 Å². The van der Waals surface area contributed by atoms with Gasteiger partial charge < -0.3 is 15.4 Å². The summed E-state index contributed by atoms with van der Waals surface area (Å²) in [5.74, 6) is 1.54. The number of benzene rings is 1. The summed E-state index contributed by atoms with van der Waals surface area (Å²) in [6.07, 6.45) is 4.97. The summed E-state index contributed by atoms with van der Waals surface area (Å²) < 4.78 is 5.09. The molecule has 1 saturated carbocycles. The third-order valence-corrected chi connectivity index (χ3v) is 4.10. The fourth-order valence-electron chi connectivity index (χ4n) is 2.89. The van der Waals surface area contributed by atoms with Crippen LogP contribution in [0.25, 0.3) is 11.3 Å². The molecule has 0 atom stereocenters. The number of methoxy groups -OCH3 is 1. The Labute approximate surface area is 137 Å². The van der Waals surface area contributed by atoms with Crippen molar-refractivity contribution in [1.82, 2.24) is 9.97 Å². The third kappa shape index (κ3) is 4.42. The van der Waals surface area contributed by atoms with E-state index in [1.807, 2.05) is 24.3 Å². The Morgan fingerprint density at radius 3 is 2.65 bits per heavy atom. The van der Waals surface area contributed by atoms with Gasteiger partial charge in [0.25, 0.3) is 0 Å². The summed E-state index contributed by atoms with van der Waals surface area (Å²) in [7, 11) is 1.70. The highest BCUT2D eigenvalue weighted by molar-refractivity contribution is 5.64. The summed E-state index contributed by atoms with van der Waals surface area (Å²) in [5.41, 5.74) is 2.03.